The Balaban J connectivity index is 2.83. The second-order valence-corrected chi connectivity index (χ2v) is 5.27. The number of hydrogen-bond donors (Lipinski definition) is 0. The van der Waals surface area contributed by atoms with Crippen LogP contribution in [0.4, 0.5) is 0 Å². The first-order valence-corrected chi connectivity index (χ1v) is 5.84. The summed E-state index contributed by atoms with van der Waals surface area (Å²) in [5.41, 5.74) is 0. The molecule has 0 radical (unpaired) electrons. The molecule has 0 saturated heterocycles. The number of ether oxygens (including phenoxy) is 1. The lowest BCUT2D eigenvalue weighted by atomic mass is 10.2. The maximum atomic E-state index is 5.30. The minimum absolute atomic E-state index is 0.980. The third kappa shape index (κ3) is 1.55. The van der Waals surface area contributed by atoms with Crippen molar-refractivity contribution in [2.75, 3.05) is 7.11 Å². The van der Waals surface area contributed by atoms with Crippen molar-refractivity contribution in [3.8, 4) is 5.75 Å². The van der Waals surface area contributed by atoms with Gasteiger partial charge in [0.15, 0.2) is 0 Å². The smallest absolute Gasteiger partial charge is 0.136 e. The average molecular weight is 304 g/mol. The Hall–Kier alpha value is -0.290. The lowest BCUT2D eigenvalue weighted by Crippen LogP contribution is -1.82. The van der Waals surface area contributed by atoms with Crippen molar-refractivity contribution in [3.05, 3.63) is 26.6 Å². The first kappa shape index (κ1) is 9.27. The Morgan fingerprint density at radius 2 is 2.15 bits per heavy atom. The zero-order valence-electron chi connectivity index (χ0n) is 7.43. The molecule has 1 aromatic carbocycles. The summed E-state index contributed by atoms with van der Waals surface area (Å²) in [7, 11) is 1.72. The van der Waals surface area contributed by atoms with Gasteiger partial charge in [0, 0.05) is 13.8 Å². The van der Waals surface area contributed by atoms with Gasteiger partial charge < -0.3 is 4.74 Å². The summed E-state index contributed by atoms with van der Waals surface area (Å²) in [5, 5.41) is 1.31. The molecule has 0 atom stereocenters. The number of rotatable bonds is 1. The summed E-state index contributed by atoms with van der Waals surface area (Å²) in [4.78, 5) is 1.33. The molecule has 0 aliphatic carbocycles. The molecule has 0 N–H and O–H groups in total. The van der Waals surface area contributed by atoms with Crippen LogP contribution >= 0.6 is 33.9 Å². The minimum Gasteiger partial charge on any atom is -0.495 e. The molecule has 0 saturated carbocycles. The van der Waals surface area contributed by atoms with Crippen molar-refractivity contribution < 1.29 is 4.74 Å². The highest BCUT2D eigenvalue weighted by atomic mass is 127. The zero-order chi connectivity index (χ0) is 9.42. The standard InChI is InChI=1S/C10H9IOS/c1-6-5-7-8(11)3-4-9(12-2)10(7)13-6/h3-5H,1-2H3. The van der Waals surface area contributed by atoms with Crippen LogP contribution in [0.15, 0.2) is 18.2 Å². The molecule has 3 heteroatoms. The SMILES string of the molecule is COc1ccc(I)c2cc(C)sc12. The molecule has 1 nitrogen and oxygen atoms in total. The van der Waals surface area contributed by atoms with Gasteiger partial charge in [-0.1, -0.05) is 0 Å². The molecular formula is C10H9IOS. The molecular weight excluding hydrogens is 295 g/mol. The van der Waals surface area contributed by atoms with Gasteiger partial charge in [-0.3, -0.25) is 0 Å². The normalized spacial score (nSPS) is 10.7. The van der Waals surface area contributed by atoms with E-state index in [1.54, 1.807) is 18.4 Å². The van der Waals surface area contributed by atoms with E-state index < -0.39 is 0 Å². The van der Waals surface area contributed by atoms with E-state index in [0.717, 1.165) is 5.75 Å². The van der Waals surface area contributed by atoms with Gasteiger partial charge in [-0.15, -0.1) is 11.3 Å². The van der Waals surface area contributed by atoms with Crippen molar-refractivity contribution in [1.82, 2.24) is 0 Å². The molecule has 0 aliphatic rings. The largest absolute Gasteiger partial charge is 0.495 e. The number of thiophene rings is 1. The van der Waals surface area contributed by atoms with Crippen LogP contribution < -0.4 is 4.74 Å². The van der Waals surface area contributed by atoms with E-state index in [9.17, 15) is 0 Å². The molecule has 0 spiro atoms. The number of benzene rings is 1. The van der Waals surface area contributed by atoms with E-state index in [1.807, 2.05) is 6.07 Å². The number of aryl methyl sites for hydroxylation is 1. The van der Waals surface area contributed by atoms with Gasteiger partial charge in [-0.25, -0.2) is 0 Å². The summed E-state index contributed by atoms with van der Waals surface area (Å²) in [6.07, 6.45) is 0. The van der Waals surface area contributed by atoms with E-state index >= 15 is 0 Å². The number of halogens is 1. The van der Waals surface area contributed by atoms with Crippen LogP contribution in [0.5, 0.6) is 5.75 Å². The third-order valence-corrected chi connectivity index (χ3v) is 3.94. The van der Waals surface area contributed by atoms with Gasteiger partial charge >= 0.3 is 0 Å². The monoisotopic (exact) mass is 304 g/mol. The molecule has 0 bridgehead atoms. The zero-order valence-corrected chi connectivity index (χ0v) is 10.4. The Morgan fingerprint density at radius 3 is 2.85 bits per heavy atom. The molecule has 2 aromatic rings. The summed E-state index contributed by atoms with van der Waals surface area (Å²) in [6.45, 7) is 2.13. The fourth-order valence-electron chi connectivity index (χ4n) is 1.35. The molecule has 1 aromatic heterocycles. The first-order chi connectivity index (χ1) is 6.22. The predicted molar refractivity (Wildman–Crippen MR) is 65.8 cm³/mol. The second-order valence-electron chi connectivity index (χ2n) is 2.85. The minimum atomic E-state index is 0.980. The lowest BCUT2D eigenvalue weighted by Gasteiger charge is -2.01. The number of fused-ring (bicyclic) bond motifs is 1. The highest BCUT2D eigenvalue weighted by Crippen LogP contribution is 2.35. The molecule has 2 rings (SSSR count). The van der Waals surface area contributed by atoms with E-state index in [4.69, 9.17) is 4.74 Å². The lowest BCUT2D eigenvalue weighted by molar-refractivity contribution is 0.420. The van der Waals surface area contributed by atoms with Crippen LogP contribution in [0.3, 0.4) is 0 Å². The van der Waals surface area contributed by atoms with Crippen molar-refractivity contribution in [1.29, 1.82) is 0 Å². The molecule has 0 fully saturated rings. The van der Waals surface area contributed by atoms with E-state index in [1.165, 1.54) is 18.5 Å². The van der Waals surface area contributed by atoms with Crippen LogP contribution in [0.25, 0.3) is 10.1 Å². The highest BCUT2D eigenvalue weighted by molar-refractivity contribution is 14.1. The Bertz CT molecular complexity index is 447. The van der Waals surface area contributed by atoms with Crippen LogP contribution in [0.1, 0.15) is 4.88 Å². The topological polar surface area (TPSA) is 9.23 Å². The fraction of sp³-hybridized carbons (Fsp3) is 0.200. The maximum absolute atomic E-state index is 5.30. The van der Waals surface area contributed by atoms with Crippen LogP contribution in [0, 0.1) is 10.5 Å². The molecule has 0 unspecified atom stereocenters. The molecule has 1 heterocycles. The van der Waals surface area contributed by atoms with Gasteiger partial charge in [-0.05, 0) is 47.7 Å². The Kier molecular flexibility index (Phi) is 2.47. The Labute approximate surface area is 94.9 Å². The summed E-state index contributed by atoms with van der Waals surface area (Å²) in [5.74, 6) is 0.980. The van der Waals surface area contributed by atoms with Gasteiger partial charge in [0.25, 0.3) is 0 Å². The maximum Gasteiger partial charge on any atom is 0.136 e. The van der Waals surface area contributed by atoms with Gasteiger partial charge in [0.05, 0.1) is 11.8 Å². The molecule has 13 heavy (non-hydrogen) atoms. The van der Waals surface area contributed by atoms with Crippen molar-refractivity contribution in [2.45, 2.75) is 6.92 Å². The van der Waals surface area contributed by atoms with E-state index in [2.05, 4.69) is 41.6 Å². The van der Waals surface area contributed by atoms with Gasteiger partial charge in [0.2, 0.25) is 0 Å². The highest BCUT2D eigenvalue weighted by Gasteiger charge is 2.07. The summed E-state index contributed by atoms with van der Waals surface area (Å²) >= 11 is 4.14. The van der Waals surface area contributed by atoms with Crippen LogP contribution in [-0.2, 0) is 0 Å². The van der Waals surface area contributed by atoms with Crippen molar-refractivity contribution >= 4 is 44.0 Å². The Morgan fingerprint density at radius 1 is 1.38 bits per heavy atom. The molecule has 0 amide bonds. The van der Waals surface area contributed by atoms with E-state index in [-0.39, 0.29) is 0 Å². The second kappa shape index (κ2) is 3.46. The number of hydrogen-bond acceptors (Lipinski definition) is 2. The van der Waals surface area contributed by atoms with Crippen molar-refractivity contribution in [2.24, 2.45) is 0 Å². The molecule has 68 valence electrons. The van der Waals surface area contributed by atoms with Crippen molar-refractivity contribution in [3.63, 3.8) is 0 Å². The van der Waals surface area contributed by atoms with E-state index in [0.29, 0.717) is 0 Å². The third-order valence-electron chi connectivity index (χ3n) is 1.94. The quantitative estimate of drug-likeness (QED) is 0.728. The van der Waals surface area contributed by atoms with Crippen LogP contribution in [0.2, 0.25) is 0 Å². The fourth-order valence-corrected chi connectivity index (χ4v) is 3.17. The molecule has 0 aliphatic heterocycles. The first-order valence-electron chi connectivity index (χ1n) is 3.95. The summed E-state index contributed by atoms with van der Waals surface area (Å²) < 4.78 is 7.85. The average Bonchev–Trinajstić information content (AvgIpc) is 2.48. The van der Waals surface area contributed by atoms with Gasteiger partial charge in [-0.2, -0.15) is 0 Å². The summed E-state index contributed by atoms with van der Waals surface area (Å²) in [6, 6.07) is 6.33. The number of methoxy groups -OCH3 is 1. The predicted octanol–water partition coefficient (Wildman–Crippen LogP) is 3.82. The van der Waals surface area contributed by atoms with Crippen LogP contribution in [-0.4, -0.2) is 7.11 Å². The van der Waals surface area contributed by atoms with Gasteiger partial charge in [0.1, 0.15) is 5.75 Å².